The van der Waals surface area contributed by atoms with Crippen LogP contribution in [0.25, 0.3) is 0 Å². The SMILES string of the molecule is C[C@]12CCC(=O)N1[C@@H](C(=O)N1CCN(c3ccc([N+](=O)[O-])cc3)CC1)CS2. The monoisotopic (exact) mass is 390 g/mol. The highest BCUT2D eigenvalue weighted by molar-refractivity contribution is 8.01. The van der Waals surface area contributed by atoms with E-state index in [1.807, 2.05) is 9.80 Å². The number of anilines is 1. The second-order valence-corrected chi connectivity index (χ2v) is 8.85. The molecule has 1 aromatic carbocycles. The number of benzene rings is 1. The first-order valence-electron chi connectivity index (χ1n) is 9.13. The van der Waals surface area contributed by atoms with Crippen LogP contribution >= 0.6 is 11.8 Å². The largest absolute Gasteiger partial charge is 0.368 e. The molecular formula is C18H22N4O4S. The second kappa shape index (κ2) is 6.70. The maximum Gasteiger partial charge on any atom is 0.269 e. The van der Waals surface area contributed by atoms with Crippen molar-refractivity contribution in [2.45, 2.75) is 30.7 Å². The van der Waals surface area contributed by atoms with Gasteiger partial charge in [-0.25, -0.2) is 0 Å². The highest BCUT2D eigenvalue weighted by Crippen LogP contribution is 2.47. The Kier molecular flexibility index (Phi) is 4.49. The van der Waals surface area contributed by atoms with Crippen molar-refractivity contribution in [2.24, 2.45) is 0 Å². The summed E-state index contributed by atoms with van der Waals surface area (Å²) >= 11 is 1.71. The average molecular weight is 390 g/mol. The topological polar surface area (TPSA) is 87.0 Å². The Morgan fingerprint density at radius 2 is 1.89 bits per heavy atom. The predicted molar refractivity (Wildman–Crippen MR) is 103 cm³/mol. The summed E-state index contributed by atoms with van der Waals surface area (Å²) in [5.74, 6) is 0.805. The minimum Gasteiger partial charge on any atom is -0.368 e. The van der Waals surface area contributed by atoms with E-state index >= 15 is 0 Å². The first kappa shape index (κ1) is 18.1. The fourth-order valence-corrected chi connectivity index (χ4v) is 5.61. The van der Waals surface area contributed by atoms with Crippen LogP contribution in [0.15, 0.2) is 24.3 Å². The molecule has 0 aliphatic carbocycles. The van der Waals surface area contributed by atoms with Gasteiger partial charge in [0.25, 0.3) is 5.69 Å². The molecule has 3 aliphatic rings. The van der Waals surface area contributed by atoms with Gasteiger partial charge in [-0.1, -0.05) is 0 Å². The molecule has 3 fully saturated rings. The molecule has 144 valence electrons. The van der Waals surface area contributed by atoms with Gasteiger partial charge in [0.2, 0.25) is 11.8 Å². The molecule has 0 N–H and O–H groups in total. The van der Waals surface area contributed by atoms with Crippen molar-refractivity contribution in [2.75, 3.05) is 36.8 Å². The van der Waals surface area contributed by atoms with Gasteiger partial charge in [0.15, 0.2) is 0 Å². The van der Waals surface area contributed by atoms with E-state index < -0.39 is 4.92 Å². The van der Waals surface area contributed by atoms with Crippen molar-refractivity contribution in [1.29, 1.82) is 0 Å². The molecule has 0 bridgehead atoms. The molecule has 0 saturated carbocycles. The maximum atomic E-state index is 13.0. The second-order valence-electron chi connectivity index (χ2n) is 7.35. The fourth-order valence-electron chi connectivity index (χ4n) is 4.18. The number of amides is 2. The van der Waals surface area contributed by atoms with Gasteiger partial charge in [-0.15, -0.1) is 11.8 Å². The van der Waals surface area contributed by atoms with Crippen LogP contribution < -0.4 is 4.90 Å². The van der Waals surface area contributed by atoms with Crippen LogP contribution in [0, 0.1) is 10.1 Å². The number of carbonyl (C=O) groups excluding carboxylic acids is 2. The standard InChI is InChI=1S/C18H22N4O4S/c1-18-7-6-16(23)21(18)15(12-27-18)17(24)20-10-8-19(9-11-20)13-2-4-14(5-3-13)22(25)26/h2-5,15H,6-12H2,1H3/t15-,18+/m1/s1. The van der Waals surface area contributed by atoms with Gasteiger partial charge in [-0.3, -0.25) is 19.7 Å². The Labute approximate surface area is 161 Å². The van der Waals surface area contributed by atoms with Crippen LogP contribution in [0.5, 0.6) is 0 Å². The Bertz CT molecular complexity index is 778. The summed E-state index contributed by atoms with van der Waals surface area (Å²) in [6, 6.07) is 6.15. The van der Waals surface area contributed by atoms with Crippen LogP contribution in [0.4, 0.5) is 11.4 Å². The minimum atomic E-state index is -0.409. The number of nitro groups is 1. The fraction of sp³-hybridized carbons (Fsp3) is 0.556. The van der Waals surface area contributed by atoms with E-state index in [0.29, 0.717) is 38.4 Å². The van der Waals surface area contributed by atoms with Crippen LogP contribution in [0.2, 0.25) is 0 Å². The van der Waals surface area contributed by atoms with Crippen molar-refractivity contribution in [1.82, 2.24) is 9.80 Å². The van der Waals surface area contributed by atoms with Crippen molar-refractivity contribution in [3.8, 4) is 0 Å². The summed E-state index contributed by atoms with van der Waals surface area (Å²) in [6.07, 6.45) is 1.34. The third-order valence-electron chi connectivity index (χ3n) is 5.75. The van der Waals surface area contributed by atoms with Gasteiger partial charge in [0, 0.05) is 56.2 Å². The van der Waals surface area contributed by atoms with E-state index in [4.69, 9.17) is 0 Å². The average Bonchev–Trinajstić information content (AvgIpc) is 3.17. The number of thioether (sulfide) groups is 1. The first-order chi connectivity index (χ1) is 12.9. The molecule has 2 atom stereocenters. The zero-order chi connectivity index (χ0) is 19.2. The van der Waals surface area contributed by atoms with Gasteiger partial charge >= 0.3 is 0 Å². The molecule has 4 rings (SSSR count). The smallest absolute Gasteiger partial charge is 0.269 e. The summed E-state index contributed by atoms with van der Waals surface area (Å²) in [7, 11) is 0. The number of fused-ring (bicyclic) bond motifs is 1. The number of hydrogen-bond acceptors (Lipinski definition) is 6. The Morgan fingerprint density at radius 3 is 2.52 bits per heavy atom. The van der Waals surface area contributed by atoms with Crippen molar-refractivity contribution >= 4 is 35.0 Å². The Hall–Kier alpha value is -2.29. The van der Waals surface area contributed by atoms with E-state index in [9.17, 15) is 19.7 Å². The molecule has 0 aromatic heterocycles. The number of nitro benzene ring substituents is 1. The normalized spacial score (nSPS) is 27.8. The summed E-state index contributed by atoms with van der Waals surface area (Å²) in [6.45, 7) is 4.59. The molecule has 3 aliphatic heterocycles. The van der Waals surface area contributed by atoms with Crippen molar-refractivity contribution in [3.05, 3.63) is 34.4 Å². The molecule has 1 aromatic rings. The van der Waals surface area contributed by atoms with Crippen LogP contribution in [0.3, 0.4) is 0 Å². The number of non-ortho nitro benzene ring substituents is 1. The molecule has 2 amide bonds. The van der Waals surface area contributed by atoms with E-state index in [2.05, 4.69) is 11.8 Å². The Balaban J connectivity index is 1.38. The van der Waals surface area contributed by atoms with Crippen molar-refractivity contribution < 1.29 is 14.5 Å². The third-order valence-corrected chi connectivity index (χ3v) is 7.25. The number of hydrogen-bond donors (Lipinski definition) is 0. The highest BCUT2D eigenvalue weighted by Gasteiger charge is 2.53. The van der Waals surface area contributed by atoms with Gasteiger partial charge in [-0.05, 0) is 25.5 Å². The summed E-state index contributed by atoms with van der Waals surface area (Å²) in [4.78, 5) is 41.2. The molecule has 8 nitrogen and oxygen atoms in total. The quantitative estimate of drug-likeness (QED) is 0.577. The molecule has 0 spiro atoms. The molecular weight excluding hydrogens is 368 g/mol. The van der Waals surface area contributed by atoms with Crippen LogP contribution in [-0.4, -0.2) is 69.4 Å². The van der Waals surface area contributed by atoms with E-state index in [1.54, 1.807) is 23.9 Å². The van der Waals surface area contributed by atoms with Crippen LogP contribution in [-0.2, 0) is 9.59 Å². The lowest BCUT2D eigenvalue weighted by atomic mass is 10.1. The third kappa shape index (κ3) is 3.13. The number of nitrogens with zero attached hydrogens (tertiary/aromatic N) is 4. The molecule has 27 heavy (non-hydrogen) atoms. The van der Waals surface area contributed by atoms with Gasteiger partial charge in [-0.2, -0.15) is 0 Å². The summed E-state index contributed by atoms with van der Waals surface area (Å²) in [5.41, 5.74) is 0.996. The predicted octanol–water partition coefficient (Wildman–Crippen LogP) is 1.70. The van der Waals surface area contributed by atoms with Gasteiger partial charge in [0.05, 0.1) is 9.79 Å². The highest BCUT2D eigenvalue weighted by atomic mass is 32.2. The number of piperazine rings is 1. The molecule has 3 heterocycles. The minimum absolute atomic E-state index is 0.0461. The molecule has 3 saturated heterocycles. The van der Waals surface area contributed by atoms with E-state index in [0.717, 1.165) is 12.1 Å². The zero-order valence-electron chi connectivity index (χ0n) is 15.2. The van der Waals surface area contributed by atoms with E-state index in [-0.39, 0.29) is 28.4 Å². The lowest BCUT2D eigenvalue weighted by molar-refractivity contribution is -0.384. The number of carbonyl (C=O) groups is 2. The van der Waals surface area contributed by atoms with E-state index in [1.165, 1.54) is 12.1 Å². The number of rotatable bonds is 3. The summed E-state index contributed by atoms with van der Waals surface area (Å²) in [5, 5.41) is 10.8. The lowest BCUT2D eigenvalue weighted by Gasteiger charge is -2.38. The van der Waals surface area contributed by atoms with Crippen LogP contribution in [0.1, 0.15) is 19.8 Å². The summed E-state index contributed by atoms with van der Waals surface area (Å²) < 4.78 is 0. The van der Waals surface area contributed by atoms with Gasteiger partial charge in [0.1, 0.15) is 6.04 Å². The molecule has 0 radical (unpaired) electrons. The van der Waals surface area contributed by atoms with Gasteiger partial charge < -0.3 is 14.7 Å². The Morgan fingerprint density at radius 1 is 1.22 bits per heavy atom. The first-order valence-corrected chi connectivity index (χ1v) is 10.1. The zero-order valence-corrected chi connectivity index (χ0v) is 16.0. The maximum absolute atomic E-state index is 13.0. The molecule has 0 unspecified atom stereocenters. The molecule has 9 heteroatoms. The lowest BCUT2D eigenvalue weighted by Crippen LogP contribution is -2.56. The van der Waals surface area contributed by atoms with Crippen molar-refractivity contribution in [3.63, 3.8) is 0 Å².